The van der Waals surface area contributed by atoms with Crippen molar-refractivity contribution in [3.63, 3.8) is 0 Å². The van der Waals surface area contributed by atoms with Crippen molar-refractivity contribution in [3.05, 3.63) is 22.2 Å². The molecule has 0 heterocycles. The molecule has 7 heteroatoms. The van der Waals surface area contributed by atoms with Crippen molar-refractivity contribution < 1.29 is 24.2 Å². The Balaban J connectivity index is 3.09. The first-order chi connectivity index (χ1) is 9.14. The number of anilines is 1. The third kappa shape index (κ3) is 4.41. The number of halogens is 1. The van der Waals surface area contributed by atoms with Gasteiger partial charge in [-0.2, -0.15) is 0 Å². The van der Waals surface area contributed by atoms with Crippen LogP contribution >= 0.6 is 15.9 Å². The summed E-state index contributed by atoms with van der Waals surface area (Å²) in [6.45, 7) is 5.15. The van der Waals surface area contributed by atoms with Crippen molar-refractivity contribution >= 4 is 33.7 Å². The Bertz CT molecular complexity index is 536. The number of carboxylic acids is 1. The van der Waals surface area contributed by atoms with Gasteiger partial charge in [-0.3, -0.25) is 5.32 Å². The fourth-order valence-corrected chi connectivity index (χ4v) is 1.91. The molecule has 0 radical (unpaired) electrons. The lowest BCUT2D eigenvalue weighted by atomic mass is 10.1. The van der Waals surface area contributed by atoms with Gasteiger partial charge in [0.15, 0.2) is 0 Å². The molecule has 0 atom stereocenters. The van der Waals surface area contributed by atoms with Crippen molar-refractivity contribution in [2.24, 2.45) is 0 Å². The van der Waals surface area contributed by atoms with E-state index >= 15 is 0 Å². The number of rotatable bonds is 3. The molecule has 0 spiro atoms. The normalized spacial score (nSPS) is 10.8. The average Bonchev–Trinajstić information content (AvgIpc) is 2.28. The van der Waals surface area contributed by atoms with Crippen LogP contribution in [0.4, 0.5) is 10.5 Å². The molecule has 0 aliphatic heterocycles. The molecule has 6 nitrogen and oxygen atoms in total. The van der Waals surface area contributed by atoms with E-state index in [9.17, 15) is 9.59 Å². The summed E-state index contributed by atoms with van der Waals surface area (Å²) in [6, 6.07) is 2.77. The fourth-order valence-electron chi connectivity index (χ4n) is 1.40. The van der Waals surface area contributed by atoms with Crippen LogP contribution in [0.5, 0.6) is 5.75 Å². The highest BCUT2D eigenvalue weighted by molar-refractivity contribution is 9.10. The Morgan fingerprint density at radius 3 is 2.35 bits per heavy atom. The zero-order valence-corrected chi connectivity index (χ0v) is 13.2. The number of carbonyl (C=O) groups excluding carboxylic acids is 1. The number of carboxylic acid groups (broad SMARTS) is 1. The van der Waals surface area contributed by atoms with E-state index in [-0.39, 0.29) is 11.3 Å². The van der Waals surface area contributed by atoms with Gasteiger partial charge in [-0.15, -0.1) is 0 Å². The molecule has 0 saturated carbocycles. The van der Waals surface area contributed by atoms with E-state index in [4.69, 9.17) is 14.6 Å². The van der Waals surface area contributed by atoms with Crippen LogP contribution in [0.2, 0.25) is 0 Å². The van der Waals surface area contributed by atoms with Crippen LogP contribution < -0.4 is 10.1 Å². The molecule has 0 aliphatic carbocycles. The molecule has 0 aromatic heterocycles. The zero-order chi connectivity index (χ0) is 15.5. The molecule has 20 heavy (non-hydrogen) atoms. The number of methoxy groups -OCH3 is 1. The van der Waals surface area contributed by atoms with Gasteiger partial charge in [0.2, 0.25) is 0 Å². The topological polar surface area (TPSA) is 84.9 Å². The Hall–Kier alpha value is -1.76. The molecule has 0 aliphatic rings. The third-order valence-corrected chi connectivity index (χ3v) is 2.78. The van der Waals surface area contributed by atoms with E-state index in [0.717, 1.165) is 0 Å². The Labute approximate surface area is 125 Å². The summed E-state index contributed by atoms with van der Waals surface area (Å²) in [5, 5.41) is 11.6. The lowest BCUT2D eigenvalue weighted by Gasteiger charge is -2.20. The highest BCUT2D eigenvalue weighted by atomic mass is 79.9. The SMILES string of the molecule is COc1cc(NC(=O)OC(C)(C)C)c(C(=O)O)cc1Br. The molecule has 0 unspecified atom stereocenters. The van der Waals surface area contributed by atoms with Gasteiger partial charge in [0.1, 0.15) is 11.4 Å². The first-order valence-corrected chi connectivity index (χ1v) is 6.54. The van der Waals surface area contributed by atoms with Gasteiger partial charge < -0.3 is 14.6 Å². The minimum absolute atomic E-state index is 0.0662. The minimum Gasteiger partial charge on any atom is -0.495 e. The van der Waals surface area contributed by atoms with Crippen LogP contribution in [0.15, 0.2) is 16.6 Å². The molecule has 0 bridgehead atoms. The van der Waals surface area contributed by atoms with Crippen molar-refractivity contribution in [2.45, 2.75) is 26.4 Å². The first kappa shape index (κ1) is 16.3. The van der Waals surface area contributed by atoms with Crippen LogP contribution in [0.25, 0.3) is 0 Å². The summed E-state index contributed by atoms with van der Waals surface area (Å²) in [5.41, 5.74) is -0.636. The maximum Gasteiger partial charge on any atom is 0.412 e. The summed E-state index contributed by atoms with van der Waals surface area (Å²) in [6.07, 6.45) is -0.732. The van der Waals surface area contributed by atoms with Gasteiger partial charge in [-0.25, -0.2) is 9.59 Å². The second-order valence-electron chi connectivity index (χ2n) is 4.96. The number of benzene rings is 1. The van der Waals surface area contributed by atoms with E-state index in [0.29, 0.717) is 10.2 Å². The van der Waals surface area contributed by atoms with Crippen molar-refractivity contribution in [1.29, 1.82) is 0 Å². The number of hydrogen-bond acceptors (Lipinski definition) is 4. The second kappa shape index (κ2) is 6.13. The number of ether oxygens (including phenoxy) is 2. The average molecular weight is 346 g/mol. The van der Waals surface area contributed by atoms with E-state index in [1.165, 1.54) is 19.2 Å². The van der Waals surface area contributed by atoms with E-state index in [1.54, 1.807) is 20.8 Å². The number of aromatic carboxylic acids is 1. The quantitative estimate of drug-likeness (QED) is 0.875. The largest absolute Gasteiger partial charge is 0.495 e. The summed E-state index contributed by atoms with van der Waals surface area (Å²) in [4.78, 5) is 22.9. The molecule has 1 aromatic rings. The van der Waals surface area contributed by atoms with Crippen LogP contribution in [0, 0.1) is 0 Å². The van der Waals surface area contributed by atoms with Crippen LogP contribution in [0.1, 0.15) is 31.1 Å². The van der Waals surface area contributed by atoms with Gasteiger partial charge >= 0.3 is 12.1 Å². The van der Waals surface area contributed by atoms with Gasteiger partial charge in [0, 0.05) is 6.07 Å². The lowest BCUT2D eigenvalue weighted by molar-refractivity contribution is 0.0636. The molecule has 1 amide bonds. The summed E-state index contributed by atoms with van der Waals surface area (Å²) in [7, 11) is 1.44. The predicted octanol–water partition coefficient (Wildman–Crippen LogP) is 3.50. The monoisotopic (exact) mass is 345 g/mol. The van der Waals surface area contributed by atoms with Gasteiger partial charge in [-0.1, -0.05) is 0 Å². The third-order valence-electron chi connectivity index (χ3n) is 2.16. The van der Waals surface area contributed by atoms with Crippen molar-refractivity contribution in [1.82, 2.24) is 0 Å². The van der Waals surface area contributed by atoms with Gasteiger partial charge in [-0.05, 0) is 42.8 Å². The molecule has 1 rings (SSSR count). The van der Waals surface area contributed by atoms with E-state index < -0.39 is 17.7 Å². The first-order valence-electron chi connectivity index (χ1n) is 5.75. The standard InChI is InChI=1S/C13H16BrNO5/c1-13(2,3)20-12(18)15-9-6-10(19-4)8(14)5-7(9)11(16)17/h5-6H,1-4H3,(H,15,18)(H,16,17). The number of carbonyl (C=O) groups is 2. The van der Waals surface area contributed by atoms with Crippen LogP contribution in [0.3, 0.4) is 0 Å². The van der Waals surface area contributed by atoms with Gasteiger partial charge in [0.25, 0.3) is 0 Å². The maximum absolute atomic E-state index is 11.7. The molecule has 0 fully saturated rings. The lowest BCUT2D eigenvalue weighted by Crippen LogP contribution is -2.27. The molecule has 0 saturated heterocycles. The highest BCUT2D eigenvalue weighted by Crippen LogP contribution is 2.31. The Kier molecular flexibility index (Phi) is 4.99. The number of amides is 1. The smallest absolute Gasteiger partial charge is 0.412 e. The summed E-state index contributed by atoms with van der Waals surface area (Å²) >= 11 is 3.19. The second-order valence-corrected chi connectivity index (χ2v) is 5.82. The van der Waals surface area contributed by atoms with Crippen molar-refractivity contribution in [3.8, 4) is 5.75 Å². The molecule has 2 N–H and O–H groups in total. The van der Waals surface area contributed by atoms with Crippen LogP contribution in [-0.4, -0.2) is 29.9 Å². The van der Waals surface area contributed by atoms with Gasteiger partial charge in [0.05, 0.1) is 22.8 Å². The highest BCUT2D eigenvalue weighted by Gasteiger charge is 2.20. The maximum atomic E-state index is 11.7. The minimum atomic E-state index is -1.17. The number of nitrogens with one attached hydrogen (secondary N) is 1. The predicted molar refractivity (Wildman–Crippen MR) is 77.5 cm³/mol. The van der Waals surface area contributed by atoms with Crippen molar-refractivity contribution in [2.75, 3.05) is 12.4 Å². The van der Waals surface area contributed by atoms with E-state index in [2.05, 4.69) is 21.2 Å². The Morgan fingerprint density at radius 2 is 1.90 bits per heavy atom. The molecule has 110 valence electrons. The summed E-state index contributed by atoms with van der Waals surface area (Å²) in [5.74, 6) is -0.763. The zero-order valence-electron chi connectivity index (χ0n) is 11.6. The molecular weight excluding hydrogens is 330 g/mol. The Morgan fingerprint density at radius 1 is 1.30 bits per heavy atom. The molecular formula is C13H16BrNO5. The molecule has 1 aromatic carbocycles. The summed E-state index contributed by atoms with van der Waals surface area (Å²) < 4.78 is 10.6. The van der Waals surface area contributed by atoms with E-state index in [1.807, 2.05) is 0 Å². The fraction of sp³-hybridized carbons (Fsp3) is 0.385. The number of hydrogen-bond donors (Lipinski definition) is 2. The van der Waals surface area contributed by atoms with Crippen LogP contribution in [-0.2, 0) is 4.74 Å².